The minimum absolute atomic E-state index is 0.624. The number of rotatable bonds is 5. The lowest BCUT2D eigenvalue weighted by Crippen LogP contribution is -2.01. The first-order valence-electron chi connectivity index (χ1n) is 5.92. The van der Waals surface area contributed by atoms with Gasteiger partial charge in [-0.05, 0) is 19.1 Å². The van der Waals surface area contributed by atoms with Crippen molar-refractivity contribution in [2.75, 3.05) is 6.61 Å². The van der Waals surface area contributed by atoms with Crippen LogP contribution in [-0.2, 0) is 12.8 Å². The monoisotopic (exact) mass is 231 g/mol. The van der Waals surface area contributed by atoms with Gasteiger partial charge in [-0.15, -0.1) is 0 Å². The Morgan fingerprint density at radius 2 is 2.00 bits per heavy atom. The summed E-state index contributed by atoms with van der Waals surface area (Å²) in [5.41, 5.74) is 2.19. The molecule has 3 heteroatoms. The summed E-state index contributed by atoms with van der Waals surface area (Å²) in [6, 6.07) is 10.0. The zero-order valence-electron chi connectivity index (χ0n) is 10.3. The minimum Gasteiger partial charge on any atom is -0.493 e. The lowest BCUT2D eigenvalue weighted by molar-refractivity contribution is 0.314. The standard InChI is InChI=1S/C14H17NO2/c1-3-13-10-12(15-17-13)8-9-16-14-6-4-11(2)5-7-14/h4-7,10H,3,8-9H2,1-2H3. The Kier molecular flexibility index (Phi) is 3.81. The van der Waals surface area contributed by atoms with Crippen molar-refractivity contribution in [3.63, 3.8) is 0 Å². The fourth-order valence-corrected chi connectivity index (χ4v) is 1.55. The molecule has 0 unspecified atom stereocenters. The van der Waals surface area contributed by atoms with E-state index < -0.39 is 0 Å². The van der Waals surface area contributed by atoms with Crippen LogP contribution in [0.2, 0.25) is 0 Å². The fraction of sp³-hybridized carbons (Fsp3) is 0.357. The Labute approximate surface area is 101 Å². The lowest BCUT2D eigenvalue weighted by atomic mass is 10.2. The molecule has 0 saturated heterocycles. The largest absolute Gasteiger partial charge is 0.493 e. The van der Waals surface area contributed by atoms with E-state index in [0.29, 0.717) is 6.61 Å². The Morgan fingerprint density at radius 3 is 2.65 bits per heavy atom. The Hall–Kier alpha value is -1.77. The molecule has 2 aromatic rings. The second-order valence-electron chi connectivity index (χ2n) is 4.05. The van der Waals surface area contributed by atoms with Gasteiger partial charge in [-0.1, -0.05) is 29.8 Å². The van der Waals surface area contributed by atoms with Gasteiger partial charge < -0.3 is 9.26 Å². The molecule has 1 aromatic carbocycles. The highest BCUT2D eigenvalue weighted by molar-refractivity contribution is 5.26. The van der Waals surface area contributed by atoms with Crippen LogP contribution in [0, 0.1) is 6.92 Å². The van der Waals surface area contributed by atoms with Crippen molar-refractivity contribution in [2.45, 2.75) is 26.7 Å². The van der Waals surface area contributed by atoms with Crippen LogP contribution in [0.4, 0.5) is 0 Å². The number of hydrogen-bond acceptors (Lipinski definition) is 3. The van der Waals surface area contributed by atoms with Gasteiger partial charge in [-0.3, -0.25) is 0 Å². The van der Waals surface area contributed by atoms with Crippen LogP contribution in [0.15, 0.2) is 34.9 Å². The molecule has 0 fully saturated rings. The summed E-state index contributed by atoms with van der Waals surface area (Å²) < 4.78 is 10.8. The van der Waals surface area contributed by atoms with Crippen molar-refractivity contribution in [1.29, 1.82) is 0 Å². The van der Waals surface area contributed by atoms with E-state index in [1.807, 2.05) is 37.3 Å². The maximum Gasteiger partial charge on any atom is 0.136 e. The molecule has 0 radical (unpaired) electrons. The average molecular weight is 231 g/mol. The molecule has 0 atom stereocenters. The molecule has 0 N–H and O–H groups in total. The van der Waals surface area contributed by atoms with Crippen molar-refractivity contribution in [3.8, 4) is 5.75 Å². The van der Waals surface area contributed by atoms with E-state index in [9.17, 15) is 0 Å². The molecular weight excluding hydrogens is 214 g/mol. The predicted octanol–water partition coefficient (Wildman–Crippen LogP) is 3.17. The third kappa shape index (κ3) is 3.34. The van der Waals surface area contributed by atoms with Gasteiger partial charge in [-0.2, -0.15) is 0 Å². The van der Waals surface area contributed by atoms with Crippen molar-refractivity contribution in [2.24, 2.45) is 0 Å². The van der Waals surface area contributed by atoms with Gasteiger partial charge in [0.25, 0.3) is 0 Å². The second-order valence-corrected chi connectivity index (χ2v) is 4.05. The summed E-state index contributed by atoms with van der Waals surface area (Å²) >= 11 is 0. The van der Waals surface area contributed by atoms with E-state index in [0.717, 1.165) is 30.0 Å². The fourth-order valence-electron chi connectivity index (χ4n) is 1.55. The van der Waals surface area contributed by atoms with Gasteiger partial charge in [-0.25, -0.2) is 0 Å². The summed E-state index contributed by atoms with van der Waals surface area (Å²) in [6.07, 6.45) is 1.66. The highest BCUT2D eigenvalue weighted by atomic mass is 16.5. The van der Waals surface area contributed by atoms with Crippen LogP contribution in [0.1, 0.15) is 23.9 Å². The van der Waals surface area contributed by atoms with Crippen molar-refractivity contribution in [1.82, 2.24) is 5.16 Å². The highest BCUT2D eigenvalue weighted by Crippen LogP contribution is 2.12. The summed E-state index contributed by atoms with van der Waals surface area (Å²) in [4.78, 5) is 0. The van der Waals surface area contributed by atoms with E-state index >= 15 is 0 Å². The first-order chi connectivity index (χ1) is 8.28. The van der Waals surface area contributed by atoms with Gasteiger partial charge in [0.15, 0.2) is 0 Å². The van der Waals surface area contributed by atoms with Gasteiger partial charge >= 0.3 is 0 Å². The predicted molar refractivity (Wildman–Crippen MR) is 66.3 cm³/mol. The van der Waals surface area contributed by atoms with Crippen LogP contribution in [0.25, 0.3) is 0 Å². The van der Waals surface area contributed by atoms with Gasteiger partial charge in [0.2, 0.25) is 0 Å². The summed E-state index contributed by atoms with van der Waals surface area (Å²) in [7, 11) is 0. The lowest BCUT2D eigenvalue weighted by Gasteiger charge is -2.04. The van der Waals surface area contributed by atoms with Crippen LogP contribution in [0.3, 0.4) is 0 Å². The molecular formula is C14H17NO2. The van der Waals surface area contributed by atoms with Crippen molar-refractivity contribution in [3.05, 3.63) is 47.3 Å². The van der Waals surface area contributed by atoms with Gasteiger partial charge in [0.05, 0.1) is 12.3 Å². The maximum absolute atomic E-state index is 5.63. The zero-order chi connectivity index (χ0) is 12.1. The summed E-state index contributed by atoms with van der Waals surface area (Å²) in [5.74, 6) is 1.82. The number of benzene rings is 1. The Balaban J connectivity index is 1.81. The van der Waals surface area contributed by atoms with Gasteiger partial charge in [0, 0.05) is 18.9 Å². The number of ether oxygens (including phenoxy) is 1. The molecule has 17 heavy (non-hydrogen) atoms. The summed E-state index contributed by atoms with van der Waals surface area (Å²) in [5, 5.41) is 3.98. The third-order valence-corrected chi connectivity index (χ3v) is 2.60. The molecule has 0 spiro atoms. The zero-order valence-corrected chi connectivity index (χ0v) is 10.3. The molecule has 90 valence electrons. The molecule has 0 amide bonds. The van der Waals surface area contributed by atoms with Crippen LogP contribution in [0.5, 0.6) is 5.75 Å². The first-order valence-corrected chi connectivity index (χ1v) is 5.92. The molecule has 0 aliphatic carbocycles. The summed E-state index contributed by atoms with van der Waals surface area (Å²) in [6.45, 7) is 4.73. The molecule has 0 aliphatic rings. The molecule has 3 nitrogen and oxygen atoms in total. The molecule has 0 bridgehead atoms. The minimum atomic E-state index is 0.624. The van der Waals surface area contributed by atoms with Crippen molar-refractivity contribution >= 4 is 0 Å². The van der Waals surface area contributed by atoms with Gasteiger partial charge in [0.1, 0.15) is 11.5 Å². The topological polar surface area (TPSA) is 35.3 Å². The Bertz CT molecular complexity index is 459. The number of nitrogens with zero attached hydrogens (tertiary/aromatic N) is 1. The second kappa shape index (κ2) is 5.53. The van der Waals surface area contributed by atoms with E-state index in [-0.39, 0.29) is 0 Å². The molecule has 0 saturated carbocycles. The van der Waals surface area contributed by atoms with E-state index in [1.54, 1.807) is 0 Å². The number of aryl methyl sites for hydroxylation is 2. The van der Waals surface area contributed by atoms with E-state index in [4.69, 9.17) is 9.26 Å². The van der Waals surface area contributed by atoms with E-state index in [1.165, 1.54) is 5.56 Å². The SMILES string of the molecule is CCc1cc(CCOc2ccc(C)cc2)no1. The molecule has 1 aromatic heterocycles. The Morgan fingerprint density at radius 1 is 1.24 bits per heavy atom. The molecule has 0 aliphatic heterocycles. The average Bonchev–Trinajstić information content (AvgIpc) is 2.80. The third-order valence-electron chi connectivity index (χ3n) is 2.60. The number of hydrogen-bond donors (Lipinski definition) is 0. The van der Waals surface area contributed by atoms with Crippen LogP contribution in [-0.4, -0.2) is 11.8 Å². The highest BCUT2D eigenvalue weighted by Gasteiger charge is 2.02. The van der Waals surface area contributed by atoms with E-state index in [2.05, 4.69) is 12.1 Å². The smallest absolute Gasteiger partial charge is 0.136 e. The van der Waals surface area contributed by atoms with Crippen LogP contribution >= 0.6 is 0 Å². The first kappa shape index (κ1) is 11.7. The normalized spacial score (nSPS) is 10.5. The molecule has 1 heterocycles. The quantitative estimate of drug-likeness (QED) is 0.792. The maximum atomic E-state index is 5.63. The van der Waals surface area contributed by atoms with Crippen molar-refractivity contribution < 1.29 is 9.26 Å². The van der Waals surface area contributed by atoms with Crippen LogP contribution < -0.4 is 4.74 Å². The molecule has 2 rings (SSSR count). The number of aromatic nitrogens is 1.